The smallest absolute Gasteiger partial charge is 0.238 e. The quantitative estimate of drug-likeness (QED) is 0.873. The molecule has 2 rings (SSSR count). The third kappa shape index (κ3) is 3.78. The van der Waals surface area contributed by atoms with E-state index in [0.29, 0.717) is 18.3 Å². The van der Waals surface area contributed by atoms with Crippen LogP contribution in [-0.4, -0.2) is 17.0 Å². The van der Waals surface area contributed by atoms with Gasteiger partial charge in [-0.1, -0.05) is 26.0 Å². The van der Waals surface area contributed by atoms with Gasteiger partial charge in [0, 0.05) is 12.7 Å². The molecule has 0 amide bonds. The summed E-state index contributed by atoms with van der Waals surface area (Å²) in [7, 11) is 1.88. The molecular formula is C16H21N3O. The summed E-state index contributed by atoms with van der Waals surface area (Å²) in [5.74, 6) is 1.88. The van der Waals surface area contributed by atoms with Gasteiger partial charge < -0.3 is 10.1 Å². The molecule has 1 heterocycles. The molecule has 0 aliphatic carbocycles. The summed E-state index contributed by atoms with van der Waals surface area (Å²) < 4.78 is 5.73. The van der Waals surface area contributed by atoms with Crippen LogP contribution >= 0.6 is 0 Å². The lowest BCUT2D eigenvalue weighted by Gasteiger charge is -2.10. The Balaban J connectivity index is 2.08. The first-order valence-corrected chi connectivity index (χ1v) is 6.96. The number of hydrogen-bond donors (Lipinski definition) is 1. The Morgan fingerprint density at radius 3 is 2.60 bits per heavy atom. The zero-order valence-corrected chi connectivity index (χ0v) is 12.3. The number of ether oxygens (including phenoxy) is 1. The Kier molecular flexibility index (Phi) is 5.07. The molecule has 0 saturated carbocycles. The van der Waals surface area contributed by atoms with Gasteiger partial charge in [0.25, 0.3) is 0 Å². The Labute approximate surface area is 120 Å². The van der Waals surface area contributed by atoms with E-state index in [1.54, 1.807) is 12.4 Å². The minimum atomic E-state index is 0.522. The van der Waals surface area contributed by atoms with Crippen LogP contribution in [0.1, 0.15) is 37.4 Å². The molecule has 1 N–H and O–H groups in total. The zero-order valence-electron chi connectivity index (χ0n) is 12.3. The summed E-state index contributed by atoms with van der Waals surface area (Å²) in [6.45, 7) is 5.09. The minimum absolute atomic E-state index is 0.522. The lowest BCUT2D eigenvalue weighted by Crippen LogP contribution is -2.07. The largest absolute Gasteiger partial charge is 0.437 e. The summed E-state index contributed by atoms with van der Waals surface area (Å²) in [5.41, 5.74) is 2.19. The summed E-state index contributed by atoms with van der Waals surface area (Å²) >= 11 is 0. The van der Waals surface area contributed by atoms with Crippen molar-refractivity contribution in [3.05, 3.63) is 47.9 Å². The van der Waals surface area contributed by atoms with Gasteiger partial charge in [-0.2, -0.15) is 0 Å². The molecule has 1 aromatic heterocycles. The Bertz CT molecular complexity index is 540. The SMILES string of the molecule is CCC(C)c1ccc(Oc2cncc(CNC)n2)cc1. The van der Waals surface area contributed by atoms with Crippen LogP contribution in [0.15, 0.2) is 36.7 Å². The highest BCUT2D eigenvalue weighted by atomic mass is 16.5. The van der Waals surface area contributed by atoms with E-state index in [1.165, 1.54) is 5.56 Å². The van der Waals surface area contributed by atoms with Crippen LogP contribution in [0.2, 0.25) is 0 Å². The van der Waals surface area contributed by atoms with Crippen molar-refractivity contribution in [2.75, 3.05) is 7.05 Å². The predicted octanol–water partition coefficient (Wildman–Crippen LogP) is 3.50. The third-order valence-corrected chi connectivity index (χ3v) is 3.30. The number of rotatable bonds is 6. The lowest BCUT2D eigenvalue weighted by atomic mass is 9.99. The fraction of sp³-hybridized carbons (Fsp3) is 0.375. The van der Waals surface area contributed by atoms with E-state index in [4.69, 9.17) is 4.74 Å². The van der Waals surface area contributed by atoms with E-state index in [0.717, 1.165) is 17.9 Å². The number of hydrogen-bond acceptors (Lipinski definition) is 4. The normalized spacial score (nSPS) is 12.2. The van der Waals surface area contributed by atoms with Gasteiger partial charge in [-0.25, -0.2) is 4.98 Å². The highest BCUT2D eigenvalue weighted by Crippen LogP contribution is 2.24. The summed E-state index contributed by atoms with van der Waals surface area (Å²) in [6.07, 6.45) is 4.49. The molecule has 4 heteroatoms. The molecule has 1 aromatic carbocycles. The maximum absolute atomic E-state index is 5.73. The van der Waals surface area contributed by atoms with Crippen molar-refractivity contribution in [1.82, 2.24) is 15.3 Å². The van der Waals surface area contributed by atoms with Crippen molar-refractivity contribution in [2.24, 2.45) is 0 Å². The van der Waals surface area contributed by atoms with Gasteiger partial charge in [0.05, 0.1) is 11.9 Å². The number of nitrogens with zero attached hydrogens (tertiary/aromatic N) is 2. The van der Waals surface area contributed by atoms with Gasteiger partial charge in [-0.05, 0) is 37.1 Å². The fourth-order valence-electron chi connectivity index (χ4n) is 1.92. The van der Waals surface area contributed by atoms with Gasteiger partial charge in [-0.15, -0.1) is 0 Å². The second-order valence-corrected chi connectivity index (χ2v) is 4.86. The highest BCUT2D eigenvalue weighted by molar-refractivity contribution is 5.31. The topological polar surface area (TPSA) is 47.0 Å². The molecule has 0 radical (unpaired) electrons. The van der Waals surface area contributed by atoms with Crippen molar-refractivity contribution in [1.29, 1.82) is 0 Å². The van der Waals surface area contributed by atoms with E-state index in [9.17, 15) is 0 Å². The first-order chi connectivity index (χ1) is 9.72. The minimum Gasteiger partial charge on any atom is -0.437 e. The molecule has 20 heavy (non-hydrogen) atoms. The van der Waals surface area contributed by atoms with Crippen LogP contribution in [-0.2, 0) is 6.54 Å². The van der Waals surface area contributed by atoms with E-state index in [1.807, 2.05) is 19.2 Å². The van der Waals surface area contributed by atoms with E-state index in [-0.39, 0.29) is 0 Å². The van der Waals surface area contributed by atoms with Crippen molar-refractivity contribution >= 4 is 0 Å². The van der Waals surface area contributed by atoms with Gasteiger partial charge in [0.15, 0.2) is 0 Å². The average molecular weight is 271 g/mol. The number of benzene rings is 1. The molecular weight excluding hydrogens is 250 g/mol. The molecule has 0 saturated heterocycles. The molecule has 0 bridgehead atoms. The molecule has 106 valence electrons. The van der Waals surface area contributed by atoms with E-state index >= 15 is 0 Å². The second kappa shape index (κ2) is 7.01. The average Bonchev–Trinajstić information content (AvgIpc) is 2.48. The van der Waals surface area contributed by atoms with E-state index < -0.39 is 0 Å². The van der Waals surface area contributed by atoms with Crippen LogP contribution in [0.3, 0.4) is 0 Å². The van der Waals surface area contributed by atoms with Crippen LogP contribution in [0, 0.1) is 0 Å². The first kappa shape index (κ1) is 14.5. The highest BCUT2D eigenvalue weighted by Gasteiger charge is 2.04. The molecule has 4 nitrogen and oxygen atoms in total. The summed E-state index contributed by atoms with van der Waals surface area (Å²) in [5, 5.41) is 3.04. The molecule has 1 unspecified atom stereocenters. The van der Waals surface area contributed by atoms with Crippen LogP contribution < -0.4 is 10.1 Å². The molecule has 0 aliphatic heterocycles. The van der Waals surface area contributed by atoms with Crippen LogP contribution in [0.5, 0.6) is 11.6 Å². The second-order valence-electron chi connectivity index (χ2n) is 4.86. The monoisotopic (exact) mass is 271 g/mol. The Morgan fingerprint density at radius 1 is 1.20 bits per heavy atom. The van der Waals surface area contributed by atoms with Gasteiger partial charge >= 0.3 is 0 Å². The van der Waals surface area contributed by atoms with Gasteiger partial charge in [0.2, 0.25) is 5.88 Å². The Hall–Kier alpha value is -1.94. The van der Waals surface area contributed by atoms with Crippen molar-refractivity contribution in [3.8, 4) is 11.6 Å². The molecule has 0 fully saturated rings. The maximum Gasteiger partial charge on any atom is 0.238 e. The van der Waals surface area contributed by atoms with Crippen molar-refractivity contribution in [2.45, 2.75) is 32.7 Å². The first-order valence-electron chi connectivity index (χ1n) is 6.96. The standard InChI is InChI=1S/C16H21N3O/c1-4-12(2)13-5-7-15(8-6-13)20-16-11-18-10-14(19-16)9-17-3/h5-8,10-12,17H,4,9H2,1-3H3. The van der Waals surface area contributed by atoms with Crippen molar-refractivity contribution < 1.29 is 4.74 Å². The van der Waals surface area contributed by atoms with Crippen molar-refractivity contribution in [3.63, 3.8) is 0 Å². The molecule has 2 aromatic rings. The Morgan fingerprint density at radius 2 is 1.95 bits per heavy atom. The van der Waals surface area contributed by atoms with E-state index in [2.05, 4.69) is 41.3 Å². The maximum atomic E-state index is 5.73. The third-order valence-electron chi connectivity index (χ3n) is 3.30. The predicted molar refractivity (Wildman–Crippen MR) is 80.0 cm³/mol. The lowest BCUT2D eigenvalue weighted by molar-refractivity contribution is 0.456. The summed E-state index contributed by atoms with van der Waals surface area (Å²) in [4.78, 5) is 8.52. The molecule has 1 atom stereocenters. The van der Waals surface area contributed by atoms with Crippen LogP contribution in [0.25, 0.3) is 0 Å². The van der Waals surface area contributed by atoms with Gasteiger partial charge in [0.1, 0.15) is 5.75 Å². The fourth-order valence-corrected chi connectivity index (χ4v) is 1.92. The van der Waals surface area contributed by atoms with Crippen LogP contribution in [0.4, 0.5) is 0 Å². The molecule has 0 spiro atoms. The number of nitrogens with one attached hydrogen (secondary N) is 1. The summed E-state index contributed by atoms with van der Waals surface area (Å²) in [6, 6.07) is 8.17. The van der Waals surface area contributed by atoms with Gasteiger partial charge in [-0.3, -0.25) is 4.98 Å². The molecule has 0 aliphatic rings. The number of aromatic nitrogens is 2. The zero-order chi connectivity index (χ0) is 14.4.